The number of para-hydroxylation sites is 1. The Morgan fingerprint density at radius 3 is 2.32 bits per heavy atom. The van der Waals surface area contributed by atoms with Gasteiger partial charge in [0.05, 0.1) is 34.3 Å². The predicted molar refractivity (Wildman–Crippen MR) is 220 cm³/mol. The van der Waals surface area contributed by atoms with Crippen LogP contribution < -0.4 is 4.90 Å². The maximum atomic E-state index is 4.60. The van der Waals surface area contributed by atoms with Crippen molar-refractivity contribution < 1.29 is 0 Å². The van der Waals surface area contributed by atoms with Crippen LogP contribution in [0.25, 0.3) is 43.8 Å². The minimum atomic E-state index is 0.0887. The molecule has 0 bridgehead atoms. The van der Waals surface area contributed by atoms with Crippen LogP contribution in [-0.2, 0) is 6.54 Å². The molecule has 0 saturated carbocycles. The van der Waals surface area contributed by atoms with Gasteiger partial charge in [0.25, 0.3) is 0 Å². The van der Waals surface area contributed by atoms with Gasteiger partial charge >= 0.3 is 0 Å². The summed E-state index contributed by atoms with van der Waals surface area (Å²) in [5, 5.41) is 10.1. The van der Waals surface area contributed by atoms with Gasteiger partial charge in [-0.1, -0.05) is 146 Å². The number of fused-ring (bicyclic) bond motifs is 7. The third-order valence-electron chi connectivity index (χ3n) is 11.8. The number of hydrogen-bond donors (Lipinski definition) is 0. The van der Waals surface area contributed by atoms with Crippen LogP contribution in [0.3, 0.4) is 0 Å². The van der Waals surface area contributed by atoms with Crippen molar-refractivity contribution in [2.24, 2.45) is 0 Å². The van der Waals surface area contributed by atoms with Crippen molar-refractivity contribution >= 4 is 49.5 Å². The highest BCUT2D eigenvalue weighted by molar-refractivity contribution is 6.22. The third kappa shape index (κ3) is 4.50. The van der Waals surface area contributed by atoms with E-state index in [0.717, 1.165) is 41.3 Å². The fraction of sp³-hybridized carbons (Fsp3) is 0.102. The summed E-state index contributed by atoms with van der Waals surface area (Å²) in [7, 11) is 0. The second-order valence-electron chi connectivity index (χ2n) is 14.7. The first-order chi connectivity index (χ1) is 26.2. The normalized spacial score (nSPS) is 24.2. The molecule has 4 nitrogen and oxygen atoms in total. The van der Waals surface area contributed by atoms with Crippen molar-refractivity contribution in [2.45, 2.75) is 24.2 Å². The molecule has 3 aliphatic heterocycles. The van der Waals surface area contributed by atoms with Crippen LogP contribution in [0.1, 0.15) is 22.7 Å². The lowest BCUT2D eigenvalue weighted by Crippen LogP contribution is -2.54. The Hall–Kier alpha value is -6.20. The summed E-state index contributed by atoms with van der Waals surface area (Å²) in [6.45, 7) is 6.21. The molecule has 4 unspecified atom stereocenters. The average molecular weight is 683 g/mol. The Morgan fingerprint density at radius 1 is 0.679 bits per heavy atom. The van der Waals surface area contributed by atoms with Crippen molar-refractivity contribution in [2.75, 3.05) is 11.4 Å². The van der Waals surface area contributed by atoms with E-state index in [9.17, 15) is 0 Å². The fourth-order valence-electron chi connectivity index (χ4n) is 9.40. The van der Waals surface area contributed by atoms with Gasteiger partial charge in [0, 0.05) is 40.8 Å². The average Bonchev–Trinajstić information content (AvgIpc) is 3.62. The van der Waals surface area contributed by atoms with Crippen molar-refractivity contribution in [3.63, 3.8) is 0 Å². The van der Waals surface area contributed by atoms with Crippen molar-refractivity contribution in [1.82, 2.24) is 14.6 Å². The molecular formula is C49H38N4. The number of nitrogens with zero attached hydrogens (tertiary/aromatic N) is 4. The molecular weight excluding hydrogens is 645 g/mol. The lowest BCUT2D eigenvalue weighted by molar-refractivity contribution is -0.104. The van der Waals surface area contributed by atoms with Gasteiger partial charge in [-0.05, 0) is 69.9 Å². The molecule has 6 aromatic carbocycles. The second kappa shape index (κ2) is 11.7. The van der Waals surface area contributed by atoms with Gasteiger partial charge in [-0.25, -0.2) is 10.0 Å². The monoisotopic (exact) mass is 682 g/mol. The number of aromatic nitrogens is 1. The summed E-state index contributed by atoms with van der Waals surface area (Å²) in [6.07, 6.45) is 17.8. The van der Waals surface area contributed by atoms with Gasteiger partial charge in [0.15, 0.2) is 0 Å². The number of allylic oxidation sites excluding steroid dienone is 6. The molecule has 4 atom stereocenters. The maximum absolute atomic E-state index is 4.60. The fourth-order valence-corrected chi connectivity index (χ4v) is 9.40. The van der Waals surface area contributed by atoms with Crippen LogP contribution >= 0.6 is 0 Å². The number of hydrogen-bond acceptors (Lipinski definition) is 3. The van der Waals surface area contributed by atoms with Crippen LogP contribution in [0.4, 0.5) is 11.4 Å². The molecule has 7 aromatic rings. The lowest BCUT2D eigenvalue weighted by atomic mass is 9.84. The molecule has 1 aromatic heterocycles. The topological polar surface area (TPSA) is 14.4 Å². The first-order valence-corrected chi connectivity index (χ1v) is 18.6. The molecule has 2 saturated heterocycles. The number of hydrazine groups is 1. The molecule has 0 radical (unpaired) electrons. The zero-order valence-electron chi connectivity index (χ0n) is 29.4. The van der Waals surface area contributed by atoms with Crippen molar-refractivity contribution in [1.29, 1.82) is 0 Å². The highest BCUT2D eigenvalue weighted by Gasteiger charge is 2.77. The molecule has 4 heteroatoms. The first-order valence-electron chi connectivity index (χ1n) is 18.6. The minimum absolute atomic E-state index is 0.0887. The Kier molecular flexibility index (Phi) is 6.69. The predicted octanol–water partition coefficient (Wildman–Crippen LogP) is 11.2. The Morgan fingerprint density at radius 2 is 1.47 bits per heavy atom. The van der Waals surface area contributed by atoms with Crippen LogP contribution in [0, 0.1) is 0 Å². The summed E-state index contributed by atoms with van der Waals surface area (Å²) in [5.41, 5.74) is 10.8. The molecule has 1 aliphatic carbocycles. The van der Waals surface area contributed by atoms with Crippen molar-refractivity contribution in [3.8, 4) is 5.69 Å². The summed E-state index contributed by atoms with van der Waals surface area (Å²) in [4.78, 5) is 2.44. The molecule has 2 fully saturated rings. The Bertz CT molecular complexity index is 2720. The Labute approximate surface area is 309 Å². The van der Waals surface area contributed by atoms with E-state index in [0.29, 0.717) is 12.1 Å². The van der Waals surface area contributed by atoms with E-state index >= 15 is 0 Å². The summed E-state index contributed by atoms with van der Waals surface area (Å²) >= 11 is 0. The van der Waals surface area contributed by atoms with Gasteiger partial charge in [-0.3, -0.25) is 0 Å². The van der Waals surface area contributed by atoms with E-state index in [-0.39, 0.29) is 5.54 Å². The van der Waals surface area contributed by atoms with E-state index in [1.54, 1.807) is 0 Å². The van der Waals surface area contributed by atoms with E-state index in [4.69, 9.17) is 0 Å². The van der Waals surface area contributed by atoms with Crippen molar-refractivity contribution in [3.05, 3.63) is 205 Å². The maximum Gasteiger partial charge on any atom is 0.0961 e. The molecule has 11 rings (SSSR count). The highest BCUT2D eigenvalue weighted by atomic mass is 15.8. The van der Waals surface area contributed by atoms with E-state index in [1.807, 2.05) is 0 Å². The standard InChI is InChI=1S/C49H38N4/c1-34-15-5-4-14-30-50(38-26-23-35(24-27-38)33-51-48(37-17-6-2-7-18-37)49-29-13-12-22-46(49)53(49)51)44-32-45-42(31-41(34)44)47-40-21-11-10-16-36(40)25-28-43(47)52(45)39-19-8-3-9-20-39/h2-29,31-32,46,48H,1,30,33H2/b14-4-,15-5-. The Balaban J connectivity index is 1.02. The second-order valence-corrected chi connectivity index (χ2v) is 14.7. The van der Waals surface area contributed by atoms with Gasteiger partial charge in [-0.2, -0.15) is 0 Å². The highest BCUT2D eigenvalue weighted by Crippen LogP contribution is 2.66. The molecule has 4 heterocycles. The molecule has 0 amide bonds. The van der Waals surface area contributed by atoms with E-state index < -0.39 is 0 Å². The minimum Gasteiger partial charge on any atom is -0.337 e. The van der Waals surface area contributed by atoms with Crippen LogP contribution in [-0.4, -0.2) is 32.7 Å². The molecule has 53 heavy (non-hydrogen) atoms. The van der Waals surface area contributed by atoms with Gasteiger partial charge in [0.2, 0.25) is 0 Å². The first kappa shape index (κ1) is 30.4. The smallest absolute Gasteiger partial charge is 0.0961 e. The van der Waals surface area contributed by atoms with Gasteiger partial charge in [0.1, 0.15) is 0 Å². The van der Waals surface area contributed by atoms with Gasteiger partial charge in [-0.15, -0.1) is 0 Å². The van der Waals surface area contributed by atoms with E-state index in [1.165, 1.54) is 43.7 Å². The zero-order valence-corrected chi connectivity index (χ0v) is 29.4. The molecule has 254 valence electrons. The summed E-state index contributed by atoms with van der Waals surface area (Å²) in [5.74, 6) is 0. The van der Waals surface area contributed by atoms with Gasteiger partial charge < -0.3 is 9.47 Å². The van der Waals surface area contributed by atoms with Crippen LogP contribution in [0.2, 0.25) is 0 Å². The number of benzene rings is 6. The molecule has 0 N–H and O–H groups in total. The third-order valence-corrected chi connectivity index (χ3v) is 11.8. The number of rotatable bonds is 5. The van der Waals surface area contributed by atoms with E-state index in [2.05, 4.69) is 208 Å². The number of anilines is 2. The summed E-state index contributed by atoms with van der Waals surface area (Å²) < 4.78 is 2.43. The SMILES string of the molecule is C=C1/C=C\C=C/CN(c2ccc(CN3C(c4ccccc4)C45C=CC=CC4N35)cc2)c2cc3c(cc21)c1c2ccccc2ccc1n3-c1ccccc1. The van der Waals surface area contributed by atoms with Crippen LogP contribution in [0.5, 0.6) is 0 Å². The van der Waals surface area contributed by atoms with Crippen LogP contribution in [0.15, 0.2) is 189 Å². The zero-order chi connectivity index (χ0) is 35.1. The summed E-state index contributed by atoms with van der Waals surface area (Å²) in [6, 6.07) is 49.8. The molecule has 4 aliphatic rings. The largest absolute Gasteiger partial charge is 0.337 e. The lowest BCUT2D eigenvalue weighted by Gasteiger charge is -2.47. The molecule has 1 spiro atoms. The quantitative estimate of drug-likeness (QED) is 0.168.